The molecule has 32 heavy (non-hydrogen) atoms. The Balaban J connectivity index is 1.62. The van der Waals surface area contributed by atoms with Gasteiger partial charge in [0.05, 0.1) is 25.9 Å². The van der Waals surface area contributed by atoms with Gasteiger partial charge in [-0.05, 0) is 35.7 Å². The maximum atomic E-state index is 11.2. The van der Waals surface area contributed by atoms with Crippen molar-refractivity contribution in [3.05, 3.63) is 76.6 Å². The van der Waals surface area contributed by atoms with E-state index in [4.69, 9.17) is 18.9 Å². The molecule has 2 aromatic carbocycles. The van der Waals surface area contributed by atoms with Crippen LogP contribution in [0.5, 0.6) is 11.5 Å². The lowest BCUT2D eigenvalue weighted by molar-refractivity contribution is -0.0460. The molecule has 0 spiro atoms. The first kappa shape index (κ1) is 21.4. The molecule has 1 aromatic heterocycles. The van der Waals surface area contributed by atoms with Crippen LogP contribution in [0.15, 0.2) is 48.5 Å². The van der Waals surface area contributed by atoms with Gasteiger partial charge in [0.25, 0.3) is 0 Å². The van der Waals surface area contributed by atoms with Gasteiger partial charge < -0.3 is 24.1 Å². The van der Waals surface area contributed by atoms with Gasteiger partial charge in [0.15, 0.2) is 6.29 Å². The van der Waals surface area contributed by atoms with Gasteiger partial charge in [-0.2, -0.15) is 5.10 Å². The molecule has 0 saturated carbocycles. The highest BCUT2D eigenvalue weighted by molar-refractivity contribution is 5.86. The smallest absolute Gasteiger partial charge is 0.354 e. The number of benzene rings is 2. The summed E-state index contributed by atoms with van der Waals surface area (Å²) in [6, 6.07) is 14.6. The highest BCUT2D eigenvalue weighted by atomic mass is 16.7. The summed E-state index contributed by atoms with van der Waals surface area (Å²) in [6.45, 7) is 1.31. The van der Waals surface area contributed by atoms with Crippen molar-refractivity contribution in [1.29, 1.82) is 0 Å². The Hall–Kier alpha value is -3.80. The number of rotatable bonds is 6. The summed E-state index contributed by atoms with van der Waals surface area (Å²) in [5, 5.41) is 13.3. The minimum Gasteiger partial charge on any atom is -0.497 e. The molecule has 3 aromatic rings. The number of aryl methyl sites for hydroxylation is 1. The van der Waals surface area contributed by atoms with Crippen LogP contribution < -0.4 is 9.47 Å². The average molecular weight is 434 g/mol. The Morgan fingerprint density at radius 3 is 2.59 bits per heavy atom. The second kappa shape index (κ2) is 9.56. The first-order valence-corrected chi connectivity index (χ1v) is 9.96. The van der Waals surface area contributed by atoms with E-state index in [9.17, 15) is 9.90 Å². The summed E-state index contributed by atoms with van der Waals surface area (Å²) in [5.74, 6) is 6.31. The number of hydrogen-bond acceptors (Lipinski definition) is 6. The SMILES string of the molecule is COc1ccc(COc2cccc(C#Cc3cc(C(=O)O)n(C)n3)c2C2OCCO2)cc1. The van der Waals surface area contributed by atoms with Crippen LogP contribution in [-0.4, -0.2) is 41.2 Å². The lowest BCUT2D eigenvalue weighted by atomic mass is 10.1. The first-order chi connectivity index (χ1) is 15.5. The molecule has 2 heterocycles. The molecule has 1 aliphatic rings. The van der Waals surface area contributed by atoms with Gasteiger partial charge in [-0.25, -0.2) is 4.79 Å². The van der Waals surface area contributed by atoms with Gasteiger partial charge in [-0.3, -0.25) is 4.68 Å². The Morgan fingerprint density at radius 2 is 1.94 bits per heavy atom. The molecule has 0 aliphatic carbocycles. The standard InChI is InChI=1S/C24H22N2O6/c1-26-20(23(27)28)14-18(25-26)9-8-17-4-3-5-21(22(17)24-30-12-13-31-24)32-15-16-6-10-19(29-2)11-7-16/h3-7,10-11,14,24H,12-13,15H2,1-2H3,(H,27,28). The van der Waals surface area contributed by atoms with Crippen LogP contribution in [0.25, 0.3) is 0 Å². The molecule has 0 radical (unpaired) electrons. The summed E-state index contributed by atoms with van der Waals surface area (Å²) in [7, 11) is 3.19. The van der Waals surface area contributed by atoms with Crippen molar-refractivity contribution in [2.24, 2.45) is 7.05 Å². The zero-order chi connectivity index (χ0) is 22.5. The highest BCUT2D eigenvalue weighted by Gasteiger charge is 2.25. The first-order valence-electron chi connectivity index (χ1n) is 9.96. The maximum absolute atomic E-state index is 11.2. The normalized spacial score (nSPS) is 13.4. The number of carboxylic acids is 1. The summed E-state index contributed by atoms with van der Waals surface area (Å²) in [4.78, 5) is 11.2. The van der Waals surface area contributed by atoms with Crippen molar-refractivity contribution >= 4 is 5.97 Å². The number of hydrogen-bond donors (Lipinski definition) is 1. The topological polar surface area (TPSA) is 92.0 Å². The Kier molecular flexibility index (Phi) is 6.40. The van der Waals surface area contributed by atoms with Gasteiger partial charge in [0.2, 0.25) is 0 Å². The van der Waals surface area contributed by atoms with Crippen LogP contribution >= 0.6 is 0 Å². The summed E-state index contributed by atoms with van der Waals surface area (Å²) in [5.41, 5.74) is 2.76. The number of aromatic nitrogens is 2. The largest absolute Gasteiger partial charge is 0.497 e. The average Bonchev–Trinajstić information content (AvgIpc) is 3.46. The highest BCUT2D eigenvalue weighted by Crippen LogP contribution is 2.34. The molecule has 8 heteroatoms. The quantitative estimate of drug-likeness (QED) is 0.596. The van der Waals surface area contributed by atoms with Crippen LogP contribution in [0, 0.1) is 11.8 Å². The molecular weight excluding hydrogens is 412 g/mol. The third kappa shape index (κ3) is 4.75. The molecule has 0 amide bonds. The fraction of sp³-hybridized carbons (Fsp3) is 0.250. The number of carboxylic acid groups (broad SMARTS) is 1. The van der Waals surface area contributed by atoms with Gasteiger partial charge in [0.1, 0.15) is 29.5 Å². The Labute approximate surface area is 185 Å². The van der Waals surface area contributed by atoms with E-state index < -0.39 is 12.3 Å². The van der Waals surface area contributed by atoms with Crippen molar-refractivity contribution in [2.45, 2.75) is 12.9 Å². The van der Waals surface area contributed by atoms with E-state index in [2.05, 4.69) is 16.9 Å². The summed E-state index contributed by atoms with van der Waals surface area (Å²) < 4.78 is 24.0. The van der Waals surface area contributed by atoms with Gasteiger partial charge >= 0.3 is 5.97 Å². The zero-order valence-electron chi connectivity index (χ0n) is 17.7. The molecule has 0 unspecified atom stereocenters. The predicted molar refractivity (Wildman–Crippen MR) is 115 cm³/mol. The van der Waals surface area contributed by atoms with E-state index in [1.54, 1.807) is 14.2 Å². The maximum Gasteiger partial charge on any atom is 0.354 e. The predicted octanol–water partition coefficient (Wildman–Crippen LogP) is 3.15. The van der Waals surface area contributed by atoms with E-state index in [0.717, 1.165) is 11.3 Å². The lowest BCUT2D eigenvalue weighted by Crippen LogP contribution is -2.06. The molecule has 8 nitrogen and oxygen atoms in total. The zero-order valence-corrected chi connectivity index (χ0v) is 17.7. The lowest BCUT2D eigenvalue weighted by Gasteiger charge is -2.17. The minimum atomic E-state index is -1.06. The Morgan fingerprint density at radius 1 is 1.19 bits per heavy atom. The van der Waals surface area contributed by atoms with Crippen molar-refractivity contribution in [1.82, 2.24) is 9.78 Å². The van der Waals surface area contributed by atoms with Crippen LogP contribution in [0.4, 0.5) is 0 Å². The molecule has 0 bridgehead atoms. The number of carbonyl (C=O) groups is 1. The monoisotopic (exact) mass is 434 g/mol. The summed E-state index contributed by atoms with van der Waals surface area (Å²) >= 11 is 0. The van der Waals surface area contributed by atoms with E-state index in [-0.39, 0.29) is 5.69 Å². The summed E-state index contributed by atoms with van der Waals surface area (Å²) in [6.07, 6.45) is -0.593. The fourth-order valence-corrected chi connectivity index (χ4v) is 3.29. The number of nitrogens with zero attached hydrogens (tertiary/aromatic N) is 2. The second-order valence-electron chi connectivity index (χ2n) is 7.02. The van der Waals surface area contributed by atoms with Crippen molar-refractivity contribution in [3.8, 4) is 23.3 Å². The molecule has 1 saturated heterocycles. The number of methoxy groups -OCH3 is 1. The van der Waals surface area contributed by atoms with Crippen molar-refractivity contribution in [2.75, 3.05) is 20.3 Å². The van der Waals surface area contributed by atoms with E-state index >= 15 is 0 Å². The van der Waals surface area contributed by atoms with Crippen LogP contribution in [0.2, 0.25) is 0 Å². The van der Waals surface area contributed by atoms with Crippen molar-refractivity contribution < 1.29 is 28.8 Å². The molecular formula is C24H22N2O6. The minimum absolute atomic E-state index is 0.0635. The third-order valence-corrected chi connectivity index (χ3v) is 4.90. The number of ether oxygens (including phenoxy) is 4. The Bertz CT molecular complexity index is 1170. The molecule has 1 N–H and O–H groups in total. The third-order valence-electron chi connectivity index (χ3n) is 4.90. The molecule has 164 valence electrons. The van der Waals surface area contributed by atoms with Gasteiger partial charge in [-0.15, -0.1) is 0 Å². The van der Waals surface area contributed by atoms with Gasteiger partial charge in [0, 0.05) is 18.7 Å². The molecule has 4 rings (SSSR count). The van der Waals surface area contributed by atoms with Crippen LogP contribution in [-0.2, 0) is 23.1 Å². The molecule has 1 aliphatic heterocycles. The second-order valence-corrected chi connectivity index (χ2v) is 7.02. The van der Waals surface area contributed by atoms with Crippen molar-refractivity contribution in [3.63, 3.8) is 0 Å². The fourth-order valence-electron chi connectivity index (χ4n) is 3.29. The van der Waals surface area contributed by atoms with Crippen LogP contribution in [0.3, 0.4) is 0 Å². The van der Waals surface area contributed by atoms with E-state index in [1.807, 2.05) is 42.5 Å². The molecule has 0 atom stereocenters. The number of aromatic carboxylic acids is 1. The van der Waals surface area contributed by atoms with E-state index in [0.29, 0.717) is 42.4 Å². The van der Waals surface area contributed by atoms with Gasteiger partial charge in [-0.1, -0.05) is 24.1 Å². The van der Waals surface area contributed by atoms with Crippen LogP contribution in [0.1, 0.15) is 39.2 Å². The molecule has 1 fully saturated rings. The van der Waals surface area contributed by atoms with E-state index in [1.165, 1.54) is 10.7 Å².